The van der Waals surface area contributed by atoms with Crippen LogP contribution >= 0.6 is 11.6 Å². The van der Waals surface area contributed by atoms with Crippen molar-refractivity contribution in [3.05, 3.63) is 16.4 Å². The Labute approximate surface area is 119 Å². The Balaban J connectivity index is 1.94. The second-order valence-electron chi connectivity index (χ2n) is 4.98. The maximum Gasteiger partial charge on any atom is 0.106 e. The summed E-state index contributed by atoms with van der Waals surface area (Å²) < 4.78 is 12.8. The quantitative estimate of drug-likeness (QED) is 0.862. The molecular weight excluding hydrogens is 266 g/mol. The van der Waals surface area contributed by atoms with Crippen molar-refractivity contribution in [1.82, 2.24) is 15.1 Å². The molecule has 0 bridgehead atoms. The van der Waals surface area contributed by atoms with Gasteiger partial charge in [-0.25, -0.2) is 0 Å². The first-order valence-electron chi connectivity index (χ1n) is 6.66. The molecule has 1 aliphatic heterocycles. The van der Waals surface area contributed by atoms with E-state index in [0.717, 1.165) is 42.4 Å². The fourth-order valence-electron chi connectivity index (χ4n) is 2.38. The zero-order valence-corrected chi connectivity index (χ0v) is 12.6. The fourth-order valence-corrected chi connectivity index (χ4v) is 2.74. The monoisotopic (exact) mass is 287 g/mol. The van der Waals surface area contributed by atoms with Gasteiger partial charge in [-0.15, -0.1) is 0 Å². The summed E-state index contributed by atoms with van der Waals surface area (Å²) in [6.45, 7) is 4.92. The minimum Gasteiger partial charge on any atom is -0.378 e. The fraction of sp³-hybridized carbons (Fsp3) is 0.769. The van der Waals surface area contributed by atoms with Gasteiger partial charge in [0.15, 0.2) is 0 Å². The highest BCUT2D eigenvalue weighted by atomic mass is 35.5. The molecule has 1 saturated heterocycles. The molecule has 19 heavy (non-hydrogen) atoms. The second-order valence-corrected chi connectivity index (χ2v) is 5.36. The number of nitrogens with one attached hydrogen (secondary N) is 1. The van der Waals surface area contributed by atoms with Gasteiger partial charge < -0.3 is 14.8 Å². The van der Waals surface area contributed by atoms with Gasteiger partial charge in [0, 0.05) is 40.3 Å². The van der Waals surface area contributed by atoms with E-state index in [1.54, 1.807) is 7.11 Å². The lowest BCUT2D eigenvalue weighted by Gasteiger charge is -2.26. The third kappa shape index (κ3) is 3.11. The highest BCUT2D eigenvalue weighted by molar-refractivity contribution is 6.31. The molecule has 6 heteroatoms. The van der Waals surface area contributed by atoms with Crippen molar-refractivity contribution in [1.29, 1.82) is 0 Å². The van der Waals surface area contributed by atoms with Crippen molar-refractivity contribution < 1.29 is 9.47 Å². The number of hydrogen-bond acceptors (Lipinski definition) is 4. The molecule has 1 aliphatic rings. The average molecular weight is 288 g/mol. The van der Waals surface area contributed by atoms with Gasteiger partial charge in [0.25, 0.3) is 0 Å². The number of hydrogen-bond donors (Lipinski definition) is 1. The van der Waals surface area contributed by atoms with E-state index in [4.69, 9.17) is 21.1 Å². The topological polar surface area (TPSA) is 48.3 Å². The van der Waals surface area contributed by atoms with Crippen LogP contribution in [0.2, 0.25) is 5.02 Å². The van der Waals surface area contributed by atoms with Crippen molar-refractivity contribution >= 4 is 11.6 Å². The van der Waals surface area contributed by atoms with Crippen molar-refractivity contribution in [2.24, 2.45) is 7.05 Å². The molecule has 1 aromatic heterocycles. The Kier molecular flexibility index (Phi) is 4.84. The van der Waals surface area contributed by atoms with E-state index in [9.17, 15) is 0 Å². The SMILES string of the molecule is CCc1nn(C)c(CNCC2(OC)CCOC2)c1Cl. The lowest BCUT2D eigenvalue weighted by molar-refractivity contribution is -0.0160. The van der Waals surface area contributed by atoms with E-state index in [-0.39, 0.29) is 5.60 Å². The van der Waals surface area contributed by atoms with Crippen LogP contribution in [0.1, 0.15) is 24.7 Å². The molecule has 108 valence electrons. The van der Waals surface area contributed by atoms with Gasteiger partial charge >= 0.3 is 0 Å². The first-order valence-corrected chi connectivity index (χ1v) is 7.03. The zero-order chi connectivity index (χ0) is 13.9. The van der Waals surface area contributed by atoms with Crippen LogP contribution in [0.3, 0.4) is 0 Å². The Morgan fingerprint density at radius 3 is 2.89 bits per heavy atom. The number of nitrogens with zero attached hydrogens (tertiary/aromatic N) is 2. The van der Waals surface area contributed by atoms with Crippen LogP contribution in [0.5, 0.6) is 0 Å². The molecule has 0 amide bonds. The van der Waals surface area contributed by atoms with E-state index in [2.05, 4.69) is 17.3 Å². The number of rotatable bonds is 6. The third-order valence-electron chi connectivity index (χ3n) is 3.74. The Hall–Kier alpha value is -0.620. The number of halogens is 1. The van der Waals surface area contributed by atoms with Crippen LogP contribution in [0.25, 0.3) is 0 Å². The Morgan fingerprint density at radius 2 is 2.37 bits per heavy atom. The maximum atomic E-state index is 6.31. The Bertz CT molecular complexity index is 428. The average Bonchev–Trinajstić information content (AvgIpc) is 2.98. The summed E-state index contributed by atoms with van der Waals surface area (Å²) in [5.74, 6) is 0. The number of methoxy groups -OCH3 is 1. The lowest BCUT2D eigenvalue weighted by atomic mass is 10.0. The van der Waals surface area contributed by atoms with Crippen LogP contribution in [0.4, 0.5) is 0 Å². The van der Waals surface area contributed by atoms with Crippen molar-refractivity contribution in [2.75, 3.05) is 26.9 Å². The van der Waals surface area contributed by atoms with E-state index in [1.807, 2.05) is 11.7 Å². The largest absolute Gasteiger partial charge is 0.378 e. The molecule has 1 N–H and O–H groups in total. The van der Waals surface area contributed by atoms with Gasteiger partial charge in [0.05, 0.1) is 23.0 Å². The highest BCUT2D eigenvalue weighted by Gasteiger charge is 2.34. The minimum atomic E-state index is -0.196. The second kappa shape index (κ2) is 6.22. The predicted octanol–water partition coefficient (Wildman–Crippen LogP) is 1.53. The van der Waals surface area contributed by atoms with Crippen LogP contribution in [0.15, 0.2) is 0 Å². The van der Waals surface area contributed by atoms with Crippen LogP contribution in [-0.4, -0.2) is 42.2 Å². The molecule has 5 nitrogen and oxygen atoms in total. The predicted molar refractivity (Wildman–Crippen MR) is 74.5 cm³/mol. The summed E-state index contributed by atoms with van der Waals surface area (Å²) in [6, 6.07) is 0. The molecule has 2 rings (SSSR count). The number of ether oxygens (including phenoxy) is 2. The van der Waals surface area contributed by atoms with Gasteiger partial charge in [-0.2, -0.15) is 5.10 Å². The van der Waals surface area contributed by atoms with Gasteiger partial charge in [-0.05, 0) is 6.42 Å². The van der Waals surface area contributed by atoms with Crippen LogP contribution in [0, 0.1) is 0 Å². The summed E-state index contributed by atoms with van der Waals surface area (Å²) in [6.07, 6.45) is 1.78. The summed E-state index contributed by atoms with van der Waals surface area (Å²) >= 11 is 6.31. The maximum absolute atomic E-state index is 6.31. The summed E-state index contributed by atoms with van der Waals surface area (Å²) in [5, 5.41) is 8.58. The minimum absolute atomic E-state index is 0.196. The molecule has 1 fully saturated rings. The molecular formula is C13H22ClN3O2. The molecule has 0 radical (unpaired) electrons. The standard InChI is InChI=1S/C13H22ClN3O2/c1-4-10-12(14)11(17(2)16-10)7-15-8-13(18-3)5-6-19-9-13/h15H,4-9H2,1-3H3. The number of aromatic nitrogens is 2. The van der Waals surface area contributed by atoms with E-state index < -0.39 is 0 Å². The number of aryl methyl sites for hydroxylation is 2. The van der Waals surface area contributed by atoms with Gasteiger partial charge in [0.1, 0.15) is 5.60 Å². The molecule has 0 spiro atoms. The first-order chi connectivity index (χ1) is 9.12. The van der Waals surface area contributed by atoms with E-state index >= 15 is 0 Å². The van der Waals surface area contributed by atoms with Gasteiger partial charge in [0.2, 0.25) is 0 Å². The molecule has 2 heterocycles. The molecule has 0 aliphatic carbocycles. The van der Waals surface area contributed by atoms with Crippen molar-refractivity contribution in [3.63, 3.8) is 0 Å². The summed E-state index contributed by atoms with van der Waals surface area (Å²) in [4.78, 5) is 0. The van der Waals surface area contributed by atoms with E-state index in [1.165, 1.54) is 0 Å². The lowest BCUT2D eigenvalue weighted by Crippen LogP contribution is -2.42. The van der Waals surface area contributed by atoms with Crippen LogP contribution < -0.4 is 5.32 Å². The highest BCUT2D eigenvalue weighted by Crippen LogP contribution is 2.23. The first kappa shape index (κ1) is 14.8. The third-order valence-corrected chi connectivity index (χ3v) is 4.18. The van der Waals surface area contributed by atoms with Gasteiger partial charge in [-0.1, -0.05) is 18.5 Å². The van der Waals surface area contributed by atoms with E-state index in [0.29, 0.717) is 13.2 Å². The summed E-state index contributed by atoms with van der Waals surface area (Å²) in [5.41, 5.74) is 1.77. The molecule has 1 unspecified atom stereocenters. The smallest absolute Gasteiger partial charge is 0.106 e. The Morgan fingerprint density at radius 1 is 1.58 bits per heavy atom. The van der Waals surface area contributed by atoms with Gasteiger partial charge in [-0.3, -0.25) is 4.68 Å². The molecule has 1 atom stereocenters. The molecule has 0 aromatic carbocycles. The van der Waals surface area contributed by atoms with Crippen molar-refractivity contribution in [2.45, 2.75) is 31.9 Å². The molecule has 0 saturated carbocycles. The van der Waals surface area contributed by atoms with Crippen molar-refractivity contribution in [3.8, 4) is 0 Å². The zero-order valence-electron chi connectivity index (χ0n) is 11.8. The molecule has 1 aromatic rings. The van der Waals surface area contributed by atoms with Crippen LogP contribution in [-0.2, 0) is 29.5 Å². The normalized spacial score (nSPS) is 23.2. The summed E-state index contributed by atoms with van der Waals surface area (Å²) in [7, 11) is 3.66.